The molecule has 23 heavy (non-hydrogen) atoms. The Hall–Kier alpha value is -1.75. The zero-order chi connectivity index (χ0) is 16.8. The number of aromatic nitrogens is 2. The molecule has 5 heteroatoms. The first kappa shape index (κ1) is 16.1. The lowest BCUT2D eigenvalue weighted by atomic mass is 9.95. The van der Waals surface area contributed by atoms with Crippen molar-refractivity contribution in [1.82, 2.24) is 9.78 Å². The lowest BCUT2D eigenvalue weighted by Gasteiger charge is -2.19. The smallest absolute Gasteiger partial charge is 0.230 e. The monoisotopic (exact) mass is 329 g/mol. The molecule has 0 spiro atoms. The van der Waals surface area contributed by atoms with Crippen LogP contribution in [0.4, 0.5) is 5.82 Å². The minimum Gasteiger partial charge on any atom is -0.310 e. The number of hydrogen-bond acceptors (Lipinski definition) is 3. The standard InChI is InChI=1S/C18H23N3OS/c1-11-6-12(2)8-13(7-11)21-16(19-17(22)18(3,4)5)14-9-23-10-15(14)20-21/h6-8H,9-10H2,1-5H3,(H,19,22). The Morgan fingerprint density at radius 3 is 2.43 bits per heavy atom. The number of carbonyl (C=O) groups is 1. The number of carbonyl (C=O) groups excluding carboxylic acids is 1. The molecular formula is C18H23N3OS. The highest BCUT2D eigenvalue weighted by Crippen LogP contribution is 2.36. The van der Waals surface area contributed by atoms with Crippen LogP contribution in [0, 0.1) is 19.3 Å². The molecule has 1 N–H and O–H groups in total. The summed E-state index contributed by atoms with van der Waals surface area (Å²) in [5.74, 6) is 2.66. The molecule has 1 aromatic carbocycles. The van der Waals surface area contributed by atoms with E-state index in [9.17, 15) is 4.79 Å². The minimum absolute atomic E-state index is 0.0164. The van der Waals surface area contributed by atoms with Crippen LogP contribution in [-0.4, -0.2) is 15.7 Å². The maximum atomic E-state index is 12.5. The maximum Gasteiger partial charge on any atom is 0.230 e. The summed E-state index contributed by atoms with van der Waals surface area (Å²) in [6.07, 6.45) is 0. The zero-order valence-electron chi connectivity index (χ0n) is 14.4. The summed E-state index contributed by atoms with van der Waals surface area (Å²) in [6.45, 7) is 9.94. The minimum atomic E-state index is -0.434. The van der Waals surface area contributed by atoms with Crippen LogP contribution < -0.4 is 5.32 Å². The van der Waals surface area contributed by atoms with Gasteiger partial charge in [0.25, 0.3) is 0 Å². The normalized spacial score (nSPS) is 14.0. The number of hydrogen-bond donors (Lipinski definition) is 1. The average Bonchev–Trinajstić information content (AvgIpc) is 2.99. The summed E-state index contributed by atoms with van der Waals surface area (Å²) in [6, 6.07) is 6.36. The molecule has 1 amide bonds. The summed E-state index contributed by atoms with van der Waals surface area (Å²) < 4.78 is 1.90. The number of rotatable bonds is 2. The average molecular weight is 329 g/mol. The Balaban J connectivity index is 2.09. The van der Waals surface area contributed by atoms with Crippen LogP contribution >= 0.6 is 11.8 Å². The Kier molecular flexibility index (Phi) is 4.00. The van der Waals surface area contributed by atoms with Crippen molar-refractivity contribution in [3.8, 4) is 5.69 Å². The van der Waals surface area contributed by atoms with E-state index >= 15 is 0 Å². The first-order chi connectivity index (χ1) is 10.8. The molecule has 2 aromatic rings. The highest BCUT2D eigenvalue weighted by molar-refractivity contribution is 7.98. The molecule has 0 fully saturated rings. The van der Waals surface area contributed by atoms with Gasteiger partial charge in [0.05, 0.1) is 11.4 Å². The molecule has 0 unspecified atom stereocenters. The third-order valence-electron chi connectivity index (χ3n) is 3.92. The fourth-order valence-electron chi connectivity index (χ4n) is 2.70. The summed E-state index contributed by atoms with van der Waals surface area (Å²) in [4.78, 5) is 12.5. The van der Waals surface area contributed by atoms with E-state index in [-0.39, 0.29) is 5.91 Å². The highest BCUT2D eigenvalue weighted by Gasteiger charge is 2.28. The van der Waals surface area contributed by atoms with Crippen LogP contribution in [0.25, 0.3) is 5.69 Å². The molecule has 0 saturated heterocycles. The van der Waals surface area contributed by atoms with E-state index in [0.717, 1.165) is 34.3 Å². The number of amides is 1. The number of anilines is 1. The summed E-state index contributed by atoms with van der Waals surface area (Å²) in [5.41, 5.74) is 5.20. The van der Waals surface area contributed by atoms with E-state index in [4.69, 9.17) is 5.10 Å². The van der Waals surface area contributed by atoms with Crippen molar-refractivity contribution in [3.63, 3.8) is 0 Å². The maximum absolute atomic E-state index is 12.5. The van der Waals surface area contributed by atoms with Crippen LogP contribution in [0.2, 0.25) is 0 Å². The lowest BCUT2D eigenvalue weighted by molar-refractivity contribution is -0.123. The number of benzene rings is 1. The van der Waals surface area contributed by atoms with Gasteiger partial charge in [-0.25, -0.2) is 4.68 Å². The Labute approximate surface area is 141 Å². The molecular weight excluding hydrogens is 306 g/mol. The molecule has 3 rings (SSSR count). The summed E-state index contributed by atoms with van der Waals surface area (Å²) in [5, 5.41) is 7.88. The van der Waals surface area contributed by atoms with Gasteiger partial charge in [0.2, 0.25) is 5.91 Å². The predicted octanol–water partition coefficient (Wildman–Crippen LogP) is 4.22. The van der Waals surface area contributed by atoms with E-state index in [1.165, 1.54) is 11.1 Å². The number of nitrogens with one attached hydrogen (secondary N) is 1. The van der Waals surface area contributed by atoms with Gasteiger partial charge in [-0.1, -0.05) is 26.8 Å². The first-order valence-electron chi connectivity index (χ1n) is 7.84. The fourth-order valence-corrected chi connectivity index (χ4v) is 3.73. The van der Waals surface area contributed by atoms with Crippen LogP contribution in [0.5, 0.6) is 0 Å². The Bertz CT molecular complexity index is 751. The molecule has 0 radical (unpaired) electrons. The van der Waals surface area contributed by atoms with E-state index in [1.807, 2.05) is 37.2 Å². The van der Waals surface area contributed by atoms with E-state index < -0.39 is 5.41 Å². The van der Waals surface area contributed by atoms with Gasteiger partial charge < -0.3 is 5.32 Å². The molecule has 2 heterocycles. The van der Waals surface area contributed by atoms with Crippen LogP contribution in [0.15, 0.2) is 18.2 Å². The first-order valence-corrected chi connectivity index (χ1v) is 9.00. The van der Waals surface area contributed by atoms with Gasteiger partial charge in [-0.2, -0.15) is 16.9 Å². The van der Waals surface area contributed by atoms with E-state index in [0.29, 0.717) is 0 Å². The molecule has 0 aliphatic carbocycles. The number of aryl methyl sites for hydroxylation is 2. The largest absolute Gasteiger partial charge is 0.310 e. The second-order valence-electron chi connectivity index (χ2n) is 7.23. The molecule has 0 saturated carbocycles. The molecule has 0 atom stereocenters. The SMILES string of the molecule is Cc1cc(C)cc(-n2nc3c(c2NC(=O)C(C)(C)C)CSC3)c1. The summed E-state index contributed by atoms with van der Waals surface area (Å²) >= 11 is 1.84. The molecule has 122 valence electrons. The van der Waals surface area contributed by atoms with Crippen molar-refractivity contribution in [3.05, 3.63) is 40.6 Å². The molecule has 0 bridgehead atoms. The van der Waals surface area contributed by atoms with Gasteiger partial charge in [0, 0.05) is 22.5 Å². The fraction of sp³-hybridized carbons (Fsp3) is 0.444. The topological polar surface area (TPSA) is 46.9 Å². The van der Waals surface area contributed by atoms with Crippen LogP contribution in [0.3, 0.4) is 0 Å². The zero-order valence-corrected chi connectivity index (χ0v) is 15.2. The number of fused-ring (bicyclic) bond motifs is 1. The van der Waals surface area contributed by atoms with Gasteiger partial charge in [-0.05, 0) is 37.1 Å². The molecule has 1 aromatic heterocycles. The van der Waals surface area contributed by atoms with Crippen molar-refractivity contribution < 1.29 is 4.79 Å². The van der Waals surface area contributed by atoms with Crippen molar-refractivity contribution in [2.24, 2.45) is 5.41 Å². The van der Waals surface area contributed by atoms with Crippen molar-refractivity contribution in [1.29, 1.82) is 0 Å². The second-order valence-corrected chi connectivity index (χ2v) is 8.21. The summed E-state index contributed by atoms with van der Waals surface area (Å²) in [7, 11) is 0. The van der Waals surface area contributed by atoms with E-state index in [1.54, 1.807) is 0 Å². The quantitative estimate of drug-likeness (QED) is 0.897. The van der Waals surface area contributed by atoms with Crippen molar-refractivity contribution >= 4 is 23.5 Å². The lowest BCUT2D eigenvalue weighted by Crippen LogP contribution is -2.29. The van der Waals surface area contributed by atoms with Gasteiger partial charge in [-0.15, -0.1) is 0 Å². The van der Waals surface area contributed by atoms with Crippen molar-refractivity contribution in [2.45, 2.75) is 46.1 Å². The molecule has 4 nitrogen and oxygen atoms in total. The number of thioether (sulfide) groups is 1. The highest BCUT2D eigenvalue weighted by atomic mass is 32.2. The molecule has 1 aliphatic heterocycles. The van der Waals surface area contributed by atoms with Gasteiger partial charge in [0.15, 0.2) is 0 Å². The number of nitrogens with zero attached hydrogens (tertiary/aromatic N) is 2. The van der Waals surface area contributed by atoms with Crippen molar-refractivity contribution in [2.75, 3.05) is 5.32 Å². The third-order valence-corrected chi connectivity index (χ3v) is 4.89. The second kappa shape index (κ2) is 5.71. The van der Waals surface area contributed by atoms with E-state index in [2.05, 4.69) is 37.4 Å². The van der Waals surface area contributed by atoms with Crippen LogP contribution in [-0.2, 0) is 16.3 Å². The Morgan fingerprint density at radius 2 is 1.83 bits per heavy atom. The Morgan fingerprint density at radius 1 is 1.17 bits per heavy atom. The predicted molar refractivity (Wildman–Crippen MR) is 96.1 cm³/mol. The van der Waals surface area contributed by atoms with Gasteiger partial charge >= 0.3 is 0 Å². The van der Waals surface area contributed by atoms with Gasteiger partial charge in [-0.3, -0.25) is 4.79 Å². The van der Waals surface area contributed by atoms with Crippen LogP contribution in [0.1, 0.15) is 43.2 Å². The third kappa shape index (κ3) is 3.15. The molecule has 1 aliphatic rings. The van der Waals surface area contributed by atoms with Gasteiger partial charge in [0.1, 0.15) is 5.82 Å².